The third-order valence-corrected chi connectivity index (χ3v) is 7.54. The molecule has 0 bridgehead atoms. The Kier molecular flexibility index (Phi) is 6.03. The van der Waals surface area contributed by atoms with Crippen LogP contribution in [0.15, 0.2) is 64.4 Å². The number of nitrogens with zero attached hydrogens (tertiary/aromatic N) is 4. The van der Waals surface area contributed by atoms with Gasteiger partial charge in [0.1, 0.15) is 15.8 Å². The van der Waals surface area contributed by atoms with Crippen LogP contribution in [-0.4, -0.2) is 37.6 Å². The number of carbonyl (C=O) groups excluding carboxylic acids is 1. The molecule has 8 heteroatoms. The van der Waals surface area contributed by atoms with Crippen LogP contribution >= 0.6 is 24.0 Å². The molecule has 0 N–H and O–H groups in total. The van der Waals surface area contributed by atoms with Gasteiger partial charge < -0.3 is 4.90 Å². The van der Waals surface area contributed by atoms with Crippen LogP contribution in [0, 0.1) is 5.92 Å². The molecule has 2 saturated heterocycles. The summed E-state index contributed by atoms with van der Waals surface area (Å²) in [5.41, 5.74) is 1.87. The molecule has 4 heterocycles. The minimum atomic E-state index is -0.178. The molecule has 0 aliphatic carbocycles. The maximum absolute atomic E-state index is 13.5. The summed E-state index contributed by atoms with van der Waals surface area (Å²) in [4.78, 5) is 35.8. The minimum absolute atomic E-state index is 0.176. The van der Waals surface area contributed by atoms with E-state index in [0.717, 1.165) is 31.5 Å². The van der Waals surface area contributed by atoms with Gasteiger partial charge in [0.15, 0.2) is 0 Å². The summed E-state index contributed by atoms with van der Waals surface area (Å²) in [6.45, 7) is 4.34. The van der Waals surface area contributed by atoms with Crippen molar-refractivity contribution in [2.45, 2.75) is 26.3 Å². The first-order valence-corrected chi connectivity index (χ1v) is 12.3. The second kappa shape index (κ2) is 9.11. The lowest BCUT2D eigenvalue weighted by atomic mass is 9.99. The molecule has 0 unspecified atom stereocenters. The van der Waals surface area contributed by atoms with Crippen LogP contribution in [0.4, 0.5) is 5.82 Å². The number of thiocarbonyl (C=S) groups is 1. The molecule has 33 heavy (non-hydrogen) atoms. The van der Waals surface area contributed by atoms with Gasteiger partial charge in [0.25, 0.3) is 11.5 Å². The van der Waals surface area contributed by atoms with Crippen molar-refractivity contribution in [3.63, 3.8) is 0 Å². The van der Waals surface area contributed by atoms with Crippen molar-refractivity contribution in [2.75, 3.05) is 18.0 Å². The molecule has 1 amide bonds. The number of piperidine rings is 1. The highest BCUT2D eigenvalue weighted by atomic mass is 32.2. The predicted molar refractivity (Wildman–Crippen MR) is 137 cm³/mol. The summed E-state index contributed by atoms with van der Waals surface area (Å²) in [6.07, 6.45) is 5.50. The van der Waals surface area contributed by atoms with Crippen molar-refractivity contribution in [1.82, 2.24) is 14.3 Å². The number of amides is 1. The molecule has 0 atom stereocenters. The normalized spacial score (nSPS) is 18.6. The van der Waals surface area contributed by atoms with Crippen molar-refractivity contribution in [3.05, 3.63) is 81.1 Å². The standard InChI is InChI=1S/C25H24N4O2S2/c1-17-10-13-27(14-11-17)22-19(23(30)28-12-6-5-9-21(28)26-22)15-20-24(31)29(25(32)33-20)16-18-7-3-2-4-8-18/h2-9,12,15,17H,10-11,13-14,16H2,1H3. The monoisotopic (exact) mass is 476 g/mol. The van der Waals surface area contributed by atoms with Gasteiger partial charge in [-0.2, -0.15) is 0 Å². The molecule has 5 rings (SSSR count). The zero-order valence-corrected chi connectivity index (χ0v) is 19.9. The van der Waals surface area contributed by atoms with Gasteiger partial charge in [-0.15, -0.1) is 0 Å². The summed E-state index contributed by atoms with van der Waals surface area (Å²) in [7, 11) is 0. The van der Waals surface area contributed by atoms with Crippen LogP contribution in [0.5, 0.6) is 0 Å². The van der Waals surface area contributed by atoms with Gasteiger partial charge in [-0.25, -0.2) is 4.98 Å². The lowest BCUT2D eigenvalue weighted by Crippen LogP contribution is -2.36. The van der Waals surface area contributed by atoms with Gasteiger partial charge in [0.2, 0.25) is 0 Å². The smallest absolute Gasteiger partial charge is 0.267 e. The third-order valence-electron chi connectivity index (χ3n) is 6.16. The largest absolute Gasteiger partial charge is 0.356 e. The first-order chi connectivity index (χ1) is 16.0. The van der Waals surface area contributed by atoms with Crippen molar-refractivity contribution in [3.8, 4) is 0 Å². The molecule has 168 valence electrons. The van der Waals surface area contributed by atoms with Crippen molar-refractivity contribution >= 4 is 51.7 Å². The molecule has 2 aliphatic heterocycles. The average Bonchev–Trinajstić information content (AvgIpc) is 3.09. The topological polar surface area (TPSA) is 57.9 Å². The van der Waals surface area contributed by atoms with Gasteiger partial charge in [-0.05, 0) is 42.5 Å². The van der Waals surface area contributed by atoms with Crippen molar-refractivity contribution < 1.29 is 4.79 Å². The fourth-order valence-corrected chi connectivity index (χ4v) is 5.45. The number of anilines is 1. The number of pyridine rings is 1. The number of hydrogen-bond acceptors (Lipinski definition) is 6. The van der Waals surface area contributed by atoms with Crippen LogP contribution in [0.2, 0.25) is 0 Å². The Morgan fingerprint density at radius 1 is 1.09 bits per heavy atom. The van der Waals surface area contributed by atoms with E-state index in [-0.39, 0.29) is 11.5 Å². The molecule has 1 aromatic carbocycles. The van der Waals surface area contributed by atoms with Crippen LogP contribution in [-0.2, 0) is 11.3 Å². The summed E-state index contributed by atoms with van der Waals surface area (Å²) in [5, 5.41) is 0. The molecule has 3 aromatic rings. The van der Waals surface area contributed by atoms with Crippen molar-refractivity contribution in [1.29, 1.82) is 0 Å². The third kappa shape index (κ3) is 4.32. The van der Waals surface area contributed by atoms with E-state index < -0.39 is 0 Å². The Labute approximate surface area is 201 Å². The highest BCUT2D eigenvalue weighted by Gasteiger charge is 2.33. The fraction of sp³-hybridized carbons (Fsp3) is 0.280. The SMILES string of the molecule is CC1CCN(c2nc3ccccn3c(=O)c2C=C2SC(=S)N(Cc3ccccc3)C2=O)CC1. The van der Waals surface area contributed by atoms with Gasteiger partial charge in [0, 0.05) is 19.3 Å². The summed E-state index contributed by atoms with van der Waals surface area (Å²) < 4.78 is 2.03. The zero-order chi connectivity index (χ0) is 22.9. The minimum Gasteiger partial charge on any atom is -0.356 e. The Hall–Kier alpha value is -2.97. The van der Waals surface area contributed by atoms with E-state index in [0.29, 0.717) is 38.7 Å². The number of carbonyl (C=O) groups is 1. The van der Waals surface area contributed by atoms with Crippen molar-refractivity contribution in [2.24, 2.45) is 5.92 Å². The quantitative estimate of drug-likeness (QED) is 0.413. The molecule has 2 fully saturated rings. The number of rotatable bonds is 4. The molecule has 0 spiro atoms. The molecule has 2 aliphatic rings. The molecule has 6 nitrogen and oxygen atoms in total. The van der Waals surface area contributed by atoms with E-state index in [1.165, 1.54) is 16.2 Å². The van der Waals surface area contributed by atoms with E-state index in [2.05, 4.69) is 11.8 Å². The van der Waals surface area contributed by atoms with Crippen LogP contribution in [0.1, 0.15) is 30.9 Å². The average molecular weight is 477 g/mol. The van der Waals surface area contributed by atoms with Crippen LogP contribution in [0.3, 0.4) is 0 Å². The van der Waals surface area contributed by atoms with E-state index >= 15 is 0 Å². The molecular weight excluding hydrogens is 452 g/mol. The predicted octanol–water partition coefficient (Wildman–Crippen LogP) is 4.33. The summed E-state index contributed by atoms with van der Waals surface area (Å²) in [6, 6.07) is 15.3. The first kappa shape index (κ1) is 21.9. The number of fused-ring (bicyclic) bond motifs is 1. The molecular formula is C25H24N4O2S2. The van der Waals surface area contributed by atoms with Crippen LogP contribution < -0.4 is 10.5 Å². The number of thioether (sulfide) groups is 1. The second-order valence-corrected chi connectivity index (χ2v) is 10.2. The zero-order valence-electron chi connectivity index (χ0n) is 18.3. The summed E-state index contributed by atoms with van der Waals surface area (Å²) >= 11 is 6.75. The lowest BCUT2D eigenvalue weighted by Gasteiger charge is -2.32. The van der Waals surface area contributed by atoms with Gasteiger partial charge >= 0.3 is 0 Å². The molecule has 0 saturated carbocycles. The van der Waals surface area contributed by atoms with Gasteiger partial charge in [-0.1, -0.05) is 67.3 Å². The molecule has 2 aromatic heterocycles. The van der Waals surface area contributed by atoms with Gasteiger partial charge in [0.05, 0.1) is 17.0 Å². The second-order valence-electron chi connectivity index (χ2n) is 8.51. The first-order valence-electron chi connectivity index (χ1n) is 11.1. The molecule has 0 radical (unpaired) electrons. The highest BCUT2D eigenvalue weighted by molar-refractivity contribution is 8.26. The lowest BCUT2D eigenvalue weighted by molar-refractivity contribution is -0.122. The maximum Gasteiger partial charge on any atom is 0.267 e. The van der Waals surface area contributed by atoms with E-state index in [4.69, 9.17) is 17.2 Å². The Bertz CT molecular complexity index is 1310. The Balaban J connectivity index is 1.55. The van der Waals surface area contributed by atoms with E-state index in [1.54, 1.807) is 23.2 Å². The fourth-order valence-electron chi connectivity index (χ4n) is 4.21. The van der Waals surface area contributed by atoms with E-state index in [1.807, 2.05) is 42.5 Å². The number of aromatic nitrogens is 2. The number of hydrogen-bond donors (Lipinski definition) is 0. The Morgan fingerprint density at radius 2 is 1.82 bits per heavy atom. The Morgan fingerprint density at radius 3 is 2.58 bits per heavy atom. The van der Waals surface area contributed by atoms with E-state index in [9.17, 15) is 9.59 Å². The van der Waals surface area contributed by atoms with Crippen LogP contribution in [0.25, 0.3) is 11.7 Å². The summed E-state index contributed by atoms with van der Waals surface area (Å²) in [5.74, 6) is 1.12. The number of benzene rings is 1. The van der Waals surface area contributed by atoms with Gasteiger partial charge in [-0.3, -0.25) is 18.9 Å². The maximum atomic E-state index is 13.5. The highest BCUT2D eigenvalue weighted by Crippen LogP contribution is 2.35.